The third-order valence-corrected chi connectivity index (χ3v) is 2.13. The Balaban J connectivity index is 2.13. The van der Waals surface area contributed by atoms with E-state index in [0.717, 1.165) is 0 Å². The van der Waals surface area contributed by atoms with Crippen LogP contribution in [-0.2, 0) is 0 Å². The molecule has 0 aliphatic carbocycles. The molecule has 0 spiro atoms. The second kappa shape index (κ2) is 4.37. The van der Waals surface area contributed by atoms with E-state index < -0.39 is 0 Å². The molecule has 0 bridgehead atoms. The Morgan fingerprint density at radius 3 is 2.81 bits per heavy atom. The lowest BCUT2D eigenvalue weighted by atomic mass is 10.4. The van der Waals surface area contributed by atoms with Crippen molar-refractivity contribution in [2.24, 2.45) is 0 Å². The van der Waals surface area contributed by atoms with Crippen LogP contribution in [0.1, 0.15) is 16.3 Å². The summed E-state index contributed by atoms with van der Waals surface area (Å²) in [5.74, 6) is 0.984. The Kier molecular flexibility index (Phi) is 2.92. The minimum atomic E-state index is -0.345. The number of aromatic nitrogens is 1. The van der Waals surface area contributed by atoms with Gasteiger partial charge in [0.25, 0.3) is 5.91 Å². The average Bonchev–Trinajstić information content (AvgIpc) is 2.65. The van der Waals surface area contributed by atoms with Crippen LogP contribution >= 0.6 is 11.6 Å². The van der Waals surface area contributed by atoms with Crippen LogP contribution in [0.2, 0.25) is 5.15 Å². The van der Waals surface area contributed by atoms with E-state index in [2.05, 4.69) is 10.3 Å². The quantitative estimate of drug-likeness (QED) is 0.816. The summed E-state index contributed by atoms with van der Waals surface area (Å²) in [6.07, 6.45) is 0. The number of carbonyl (C=O) groups excluding carboxylic acids is 1. The summed E-state index contributed by atoms with van der Waals surface area (Å²) < 4.78 is 5.17. The van der Waals surface area contributed by atoms with E-state index >= 15 is 0 Å². The fourth-order valence-corrected chi connectivity index (χ4v) is 1.38. The van der Waals surface area contributed by atoms with Crippen LogP contribution in [0.3, 0.4) is 0 Å². The van der Waals surface area contributed by atoms with Crippen molar-refractivity contribution < 1.29 is 9.21 Å². The van der Waals surface area contributed by atoms with Crippen molar-refractivity contribution in [3.63, 3.8) is 0 Å². The smallest absolute Gasteiger partial charge is 0.292 e. The first-order valence-electron chi connectivity index (χ1n) is 4.65. The van der Waals surface area contributed by atoms with Crippen LogP contribution < -0.4 is 5.32 Å². The zero-order valence-electron chi connectivity index (χ0n) is 8.53. The fourth-order valence-electron chi connectivity index (χ4n) is 1.21. The summed E-state index contributed by atoms with van der Waals surface area (Å²) in [7, 11) is 0. The number of halogens is 1. The minimum Gasteiger partial charge on any atom is -0.456 e. The highest BCUT2D eigenvalue weighted by atomic mass is 35.5. The predicted molar refractivity (Wildman–Crippen MR) is 60.6 cm³/mol. The van der Waals surface area contributed by atoms with Gasteiger partial charge in [0.1, 0.15) is 16.7 Å². The summed E-state index contributed by atoms with van der Waals surface area (Å²) in [6.45, 7) is 1.77. The van der Waals surface area contributed by atoms with Crippen LogP contribution in [0, 0.1) is 6.92 Å². The van der Waals surface area contributed by atoms with Crippen LogP contribution in [0.4, 0.5) is 5.82 Å². The maximum Gasteiger partial charge on any atom is 0.292 e. The molecule has 2 heterocycles. The van der Waals surface area contributed by atoms with Gasteiger partial charge in [-0.25, -0.2) is 4.98 Å². The lowest BCUT2D eigenvalue weighted by Crippen LogP contribution is -2.11. The van der Waals surface area contributed by atoms with E-state index in [1.165, 1.54) is 0 Å². The summed E-state index contributed by atoms with van der Waals surface area (Å²) in [6, 6.07) is 8.32. The molecule has 0 saturated heterocycles. The molecule has 1 amide bonds. The van der Waals surface area contributed by atoms with Crippen LogP contribution in [0.25, 0.3) is 0 Å². The lowest BCUT2D eigenvalue weighted by molar-refractivity contribution is 0.0995. The molecule has 0 aliphatic heterocycles. The Labute approximate surface area is 97.2 Å². The molecule has 0 aromatic carbocycles. The number of rotatable bonds is 2. The Morgan fingerprint density at radius 2 is 2.19 bits per heavy atom. The van der Waals surface area contributed by atoms with Gasteiger partial charge in [-0.05, 0) is 31.2 Å². The number of carbonyl (C=O) groups is 1. The van der Waals surface area contributed by atoms with Crippen molar-refractivity contribution in [2.75, 3.05) is 5.32 Å². The Hall–Kier alpha value is -1.81. The van der Waals surface area contributed by atoms with Crippen LogP contribution in [-0.4, -0.2) is 10.9 Å². The normalized spacial score (nSPS) is 10.1. The van der Waals surface area contributed by atoms with Crippen molar-refractivity contribution in [1.82, 2.24) is 4.98 Å². The molecule has 5 heteroatoms. The van der Waals surface area contributed by atoms with E-state index in [4.69, 9.17) is 16.0 Å². The maximum atomic E-state index is 11.7. The van der Waals surface area contributed by atoms with Crippen LogP contribution in [0.15, 0.2) is 34.7 Å². The molecule has 2 rings (SSSR count). The fraction of sp³-hybridized carbons (Fsp3) is 0.0909. The van der Waals surface area contributed by atoms with Crippen molar-refractivity contribution in [1.29, 1.82) is 0 Å². The molecule has 0 unspecified atom stereocenters. The predicted octanol–water partition coefficient (Wildman–Crippen LogP) is 2.89. The molecule has 2 aromatic heterocycles. The molecule has 16 heavy (non-hydrogen) atoms. The third kappa shape index (κ3) is 2.41. The monoisotopic (exact) mass is 236 g/mol. The number of anilines is 1. The molecule has 1 N–H and O–H groups in total. The number of hydrogen-bond acceptors (Lipinski definition) is 3. The second-order valence-electron chi connectivity index (χ2n) is 3.21. The van der Waals surface area contributed by atoms with E-state index in [-0.39, 0.29) is 11.7 Å². The molecule has 0 radical (unpaired) electrons. The van der Waals surface area contributed by atoms with Gasteiger partial charge < -0.3 is 9.73 Å². The Bertz CT molecular complexity index is 522. The number of nitrogens with zero attached hydrogens (tertiary/aromatic N) is 1. The molecule has 0 aliphatic rings. The number of furan rings is 1. The summed E-state index contributed by atoms with van der Waals surface area (Å²) in [5, 5.41) is 2.91. The van der Waals surface area contributed by atoms with Crippen molar-refractivity contribution in [3.8, 4) is 0 Å². The first-order valence-corrected chi connectivity index (χ1v) is 5.03. The first kappa shape index (κ1) is 10.7. The zero-order valence-corrected chi connectivity index (χ0v) is 9.28. The van der Waals surface area contributed by atoms with Crippen LogP contribution in [0.5, 0.6) is 0 Å². The highest BCUT2D eigenvalue weighted by molar-refractivity contribution is 6.29. The molecule has 82 valence electrons. The highest BCUT2D eigenvalue weighted by Crippen LogP contribution is 2.12. The van der Waals surface area contributed by atoms with Gasteiger partial charge in [-0.1, -0.05) is 17.7 Å². The zero-order chi connectivity index (χ0) is 11.5. The van der Waals surface area contributed by atoms with Gasteiger partial charge in [-0.3, -0.25) is 4.79 Å². The number of nitrogens with one attached hydrogen (secondary N) is 1. The van der Waals surface area contributed by atoms with E-state index in [9.17, 15) is 4.79 Å². The van der Waals surface area contributed by atoms with E-state index in [1.807, 2.05) is 0 Å². The highest BCUT2D eigenvalue weighted by Gasteiger charge is 2.10. The molecular weight excluding hydrogens is 228 g/mol. The number of aryl methyl sites for hydroxylation is 1. The largest absolute Gasteiger partial charge is 0.456 e. The minimum absolute atomic E-state index is 0.249. The number of hydrogen-bond donors (Lipinski definition) is 1. The summed E-state index contributed by atoms with van der Waals surface area (Å²) >= 11 is 5.69. The molecule has 4 nitrogen and oxygen atoms in total. The van der Waals surface area contributed by atoms with Crippen molar-refractivity contribution in [2.45, 2.75) is 6.92 Å². The van der Waals surface area contributed by atoms with Crippen molar-refractivity contribution >= 4 is 23.3 Å². The van der Waals surface area contributed by atoms with Gasteiger partial charge in [-0.15, -0.1) is 0 Å². The van der Waals surface area contributed by atoms with Gasteiger partial charge in [0, 0.05) is 0 Å². The Morgan fingerprint density at radius 1 is 1.38 bits per heavy atom. The third-order valence-electron chi connectivity index (χ3n) is 1.92. The SMILES string of the molecule is Cc1ccc(C(=O)Nc2cccc(Cl)n2)o1. The number of pyridine rings is 1. The maximum absolute atomic E-state index is 11.7. The van der Waals surface area contributed by atoms with Crippen molar-refractivity contribution in [3.05, 3.63) is 47.0 Å². The first-order chi connectivity index (χ1) is 7.65. The molecule has 0 atom stereocenters. The molecule has 0 saturated carbocycles. The van der Waals surface area contributed by atoms with Gasteiger partial charge in [0.05, 0.1) is 0 Å². The number of amides is 1. The van der Waals surface area contributed by atoms with E-state index in [0.29, 0.717) is 16.7 Å². The standard InChI is InChI=1S/C11H9ClN2O2/c1-7-5-6-8(16-7)11(15)14-10-4-2-3-9(12)13-10/h2-6H,1H3,(H,13,14,15). The molecular formula is C11H9ClN2O2. The lowest BCUT2D eigenvalue weighted by Gasteiger charge is -2.01. The summed E-state index contributed by atoms with van der Waals surface area (Å²) in [4.78, 5) is 15.6. The van der Waals surface area contributed by atoms with E-state index in [1.54, 1.807) is 37.3 Å². The van der Waals surface area contributed by atoms with Gasteiger partial charge in [0.15, 0.2) is 5.76 Å². The average molecular weight is 237 g/mol. The molecule has 0 fully saturated rings. The summed E-state index contributed by atoms with van der Waals surface area (Å²) in [5.41, 5.74) is 0. The second-order valence-corrected chi connectivity index (χ2v) is 3.60. The van der Waals surface area contributed by atoms with Gasteiger partial charge in [0.2, 0.25) is 0 Å². The van der Waals surface area contributed by atoms with Gasteiger partial charge >= 0.3 is 0 Å². The molecule has 2 aromatic rings. The van der Waals surface area contributed by atoms with Gasteiger partial charge in [-0.2, -0.15) is 0 Å². The topological polar surface area (TPSA) is 55.1 Å².